The molecule has 0 saturated heterocycles. The quantitative estimate of drug-likeness (QED) is 0.814. The van der Waals surface area contributed by atoms with Crippen LogP contribution in [0.25, 0.3) is 11.1 Å². The number of rotatable bonds is 5. The van der Waals surface area contributed by atoms with Crippen LogP contribution < -0.4 is 5.32 Å². The highest BCUT2D eigenvalue weighted by Crippen LogP contribution is 2.34. The van der Waals surface area contributed by atoms with E-state index in [2.05, 4.69) is 5.32 Å². The van der Waals surface area contributed by atoms with Crippen molar-refractivity contribution >= 4 is 17.6 Å². The van der Waals surface area contributed by atoms with Crippen molar-refractivity contribution in [1.29, 1.82) is 0 Å². The van der Waals surface area contributed by atoms with Crippen LogP contribution in [0.15, 0.2) is 24.3 Å². The number of hydrogen-bond donors (Lipinski definition) is 2. The molecular weight excluding hydrogens is 329 g/mol. The first kappa shape index (κ1) is 18.4. The van der Waals surface area contributed by atoms with Crippen molar-refractivity contribution < 1.29 is 14.3 Å². The third kappa shape index (κ3) is 3.77. The molecule has 1 atom stereocenters. The predicted molar refractivity (Wildman–Crippen MR) is 95.1 cm³/mol. The van der Waals surface area contributed by atoms with Crippen molar-refractivity contribution in [2.45, 2.75) is 33.2 Å². The van der Waals surface area contributed by atoms with Crippen LogP contribution in [0.2, 0.25) is 5.02 Å². The van der Waals surface area contributed by atoms with Gasteiger partial charge in [-0.05, 0) is 79.9 Å². The summed E-state index contributed by atoms with van der Waals surface area (Å²) in [4.78, 5) is 11.1. The Morgan fingerprint density at radius 1 is 1.17 bits per heavy atom. The fraction of sp³-hybridized carbons (Fsp3) is 0.316. The molecule has 0 radical (unpaired) electrons. The first-order chi connectivity index (χ1) is 11.2. The van der Waals surface area contributed by atoms with Crippen LogP contribution >= 0.6 is 11.6 Å². The third-order valence-corrected chi connectivity index (χ3v) is 4.39. The Morgan fingerprint density at radius 3 is 2.25 bits per heavy atom. The van der Waals surface area contributed by atoms with Gasteiger partial charge in [0.2, 0.25) is 0 Å². The lowest BCUT2D eigenvalue weighted by Crippen LogP contribution is -2.21. The minimum absolute atomic E-state index is 0.186. The first-order valence-electron chi connectivity index (χ1n) is 7.70. The molecule has 2 aromatic rings. The minimum Gasteiger partial charge on any atom is -0.481 e. The highest BCUT2D eigenvalue weighted by atomic mass is 35.5. The smallest absolute Gasteiger partial charge is 0.305 e. The average Bonchev–Trinajstić information content (AvgIpc) is 2.47. The van der Waals surface area contributed by atoms with E-state index in [0.717, 1.165) is 22.3 Å². The molecule has 5 heteroatoms. The molecule has 0 aliphatic heterocycles. The van der Waals surface area contributed by atoms with E-state index in [1.54, 1.807) is 26.1 Å². The lowest BCUT2D eigenvalue weighted by molar-refractivity contribution is -0.137. The minimum atomic E-state index is -0.976. The molecule has 2 rings (SSSR count). The summed E-state index contributed by atoms with van der Waals surface area (Å²) in [5.74, 6) is -1.35. The summed E-state index contributed by atoms with van der Waals surface area (Å²) < 4.78 is 14.6. The van der Waals surface area contributed by atoms with Crippen LogP contribution in [-0.4, -0.2) is 18.1 Å². The van der Waals surface area contributed by atoms with Crippen LogP contribution in [-0.2, 0) is 4.79 Å². The van der Waals surface area contributed by atoms with Crippen molar-refractivity contribution in [2.75, 3.05) is 7.05 Å². The number of aryl methyl sites for hydroxylation is 3. The summed E-state index contributed by atoms with van der Waals surface area (Å²) >= 11 is 6.09. The van der Waals surface area contributed by atoms with E-state index in [1.165, 1.54) is 0 Å². The second-order valence-electron chi connectivity index (χ2n) is 6.05. The second kappa shape index (κ2) is 7.32. The Bertz CT molecular complexity index is 766. The van der Waals surface area contributed by atoms with E-state index in [1.807, 2.05) is 26.0 Å². The van der Waals surface area contributed by atoms with Gasteiger partial charge in [-0.2, -0.15) is 0 Å². The van der Waals surface area contributed by atoms with Crippen molar-refractivity contribution in [3.05, 3.63) is 57.4 Å². The summed E-state index contributed by atoms with van der Waals surface area (Å²) in [6, 6.07) is 6.67. The SMILES string of the molecule is CNC(CC(=O)O)c1cc(-c2c(C)cc(Cl)cc2C)cc(C)c1F. The molecule has 0 spiro atoms. The molecule has 0 heterocycles. The predicted octanol–water partition coefficient (Wildman–Crippen LogP) is 4.81. The van der Waals surface area contributed by atoms with Gasteiger partial charge in [-0.25, -0.2) is 4.39 Å². The lowest BCUT2D eigenvalue weighted by atomic mass is 9.90. The zero-order valence-corrected chi connectivity index (χ0v) is 15.0. The molecular formula is C19H21ClFNO2. The van der Waals surface area contributed by atoms with Gasteiger partial charge in [0.1, 0.15) is 5.82 Å². The molecule has 0 bridgehead atoms. The second-order valence-corrected chi connectivity index (χ2v) is 6.49. The molecule has 0 fully saturated rings. The molecule has 0 aromatic heterocycles. The van der Waals surface area contributed by atoms with Crippen LogP contribution in [0.3, 0.4) is 0 Å². The summed E-state index contributed by atoms with van der Waals surface area (Å²) in [6.07, 6.45) is -0.186. The van der Waals surface area contributed by atoms with Gasteiger partial charge >= 0.3 is 5.97 Å². The van der Waals surface area contributed by atoms with Crippen LogP contribution in [0.1, 0.15) is 34.7 Å². The van der Waals surface area contributed by atoms with E-state index >= 15 is 0 Å². The molecule has 0 aliphatic carbocycles. The van der Waals surface area contributed by atoms with Gasteiger partial charge in [0.25, 0.3) is 0 Å². The van der Waals surface area contributed by atoms with Crippen molar-refractivity contribution in [2.24, 2.45) is 0 Å². The number of nitrogens with one attached hydrogen (secondary N) is 1. The molecule has 128 valence electrons. The number of benzene rings is 2. The Kier molecular flexibility index (Phi) is 5.62. The van der Waals surface area contributed by atoms with E-state index in [9.17, 15) is 9.18 Å². The molecule has 3 nitrogen and oxygen atoms in total. The summed E-state index contributed by atoms with van der Waals surface area (Å²) in [6.45, 7) is 5.61. The van der Waals surface area contributed by atoms with Crippen molar-refractivity contribution in [3.63, 3.8) is 0 Å². The summed E-state index contributed by atoms with van der Waals surface area (Å²) in [5, 5.41) is 12.6. The van der Waals surface area contributed by atoms with Crippen LogP contribution in [0, 0.1) is 26.6 Å². The fourth-order valence-electron chi connectivity index (χ4n) is 3.10. The number of carbonyl (C=O) groups is 1. The first-order valence-corrected chi connectivity index (χ1v) is 8.08. The standard InChI is InChI=1S/C19H21ClFNO2/c1-10-6-14(20)7-11(2)18(10)13-5-12(3)19(21)15(8-13)16(22-4)9-17(23)24/h5-8,16,22H,9H2,1-4H3,(H,23,24). The van der Waals surface area contributed by atoms with Crippen molar-refractivity contribution in [1.82, 2.24) is 5.32 Å². The maximum Gasteiger partial charge on any atom is 0.305 e. The maximum atomic E-state index is 14.6. The van der Waals surface area contributed by atoms with Crippen LogP contribution in [0.4, 0.5) is 4.39 Å². The number of carboxylic acid groups (broad SMARTS) is 1. The van der Waals surface area contributed by atoms with Gasteiger partial charge < -0.3 is 10.4 Å². The Balaban J connectivity index is 2.64. The Labute approximate surface area is 146 Å². The molecule has 0 amide bonds. The lowest BCUT2D eigenvalue weighted by Gasteiger charge is -2.19. The fourth-order valence-corrected chi connectivity index (χ4v) is 3.43. The monoisotopic (exact) mass is 349 g/mol. The zero-order chi connectivity index (χ0) is 18.0. The molecule has 2 aromatic carbocycles. The van der Waals surface area contributed by atoms with Gasteiger partial charge in [0.05, 0.1) is 6.42 Å². The Morgan fingerprint density at radius 2 is 1.75 bits per heavy atom. The van der Waals surface area contributed by atoms with E-state index in [4.69, 9.17) is 16.7 Å². The third-order valence-electron chi connectivity index (χ3n) is 4.17. The highest BCUT2D eigenvalue weighted by molar-refractivity contribution is 6.30. The van der Waals surface area contributed by atoms with E-state index < -0.39 is 12.0 Å². The van der Waals surface area contributed by atoms with Gasteiger partial charge in [-0.1, -0.05) is 11.6 Å². The van der Waals surface area contributed by atoms with Gasteiger partial charge in [-0.3, -0.25) is 4.79 Å². The molecule has 24 heavy (non-hydrogen) atoms. The summed E-state index contributed by atoms with van der Waals surface area (Å²) in [5.41, 5.74) is 4.70. The van der Waals surface area contributed by atoms with Crippen molar-refractivity contribution in [3.8, 4) is 11.1 Å². The van der Waals surface area contributed by atoms with Gasteiger partial charge in [0.15, 0.2) is 0 Å². The van der Waals surface area contributed by atoms with E-state index in [0.29, 0.717) is 16.1 Å². The number of hydrogen-bond acceptors (Lipinski definition) is 2. The summed E-state index contributed by atoms with van der Waals surface area (Å²) in [7, 11) is 1.63. The van der Waals surface area contributed by atoms with Gasteiger partial charge in [-0.15, -0.1) is 0 Å². The average molecular weight is 350 g/mol. The highest BCUT2D eigenvalue weighted by Gasteiger charge is 2.21. The number of carboxylic acids is 1. The normalized spacial score (nSPS) is 12.2. The van der Waals surface area contributed by atoms with E-state index in [-0.39, 0.29) is 12.2 Å². The Hall–Kier alpha value is -1.91. The molecule has 0 aliphatic rings. The zero-order valence-electron chi connectivity index (χ0n) is 14.2. The molecule has 2 N–H and O–H groups in total. The number of aliphatic carboxylic acids is 1. The number of halogens is 2. The largest absolute Gasteiger partial charge is 0.481 e. The topological polar surface area (TPSA) is 49.3 Å². The van der Waals surface area contributed by atoms with Crippen LogP contribution in [0.5, 0.6) is 0 Å². The maximum absolute atomic E-state index is 14.6. The molecule has 0 saturated carbocycles. The molecule has 1 unspecified atom stereocenters. The van der Waals surface area contributed by atoms with Gasteiger partial charge in [0, 0.05) is 16.6 Å².